The summed E-state index contributed by atoms with van der Waals surface area (Å²) < 4.78 is 12.4. The molecule has 1 aliphatic heterocycles. The predicted octanol–water partition coefficient (Wildman–Crippen LogP) is 1.58. The number of imidazole rings is 1. The monoisotopic (exact) mass is 308 g/mol. The van der Waals surface area contributed by atoms with E-state index in [4.69, 9.17) is 0 Å². The van der Waals surface area contributed by atoms with Gasteiger partial charge < -0.3 is 10.3 Å². The van der Waals surface area contributed by atoms with Crippen LogP contribution in [0.15, 0.2) is 23.4 Å². The summed E-state index contributed by atoms with van der Waals surface area (Å²) in [5.41, 5.74) is 1.15. The van der Waals surface area contributed by atoms with Gasteiger partial charge in [0, 0.05) is 17.9 Å². The van der Waals surface area contributed by atoms with Crippen molar-refractivity contribution in [1.29, 1.82) is 0 Å². The van der Waals surface area contributed by atoms with Crippen LogP contribution in [0.25, 0.3) is 11.0 Å². The van der Waals surface area contributed by atoms with E-state index in [0.717, 1.165) is 25.9 Å². The van der Waals surface area contributed by atoms with Crippen LogP contribution in [0, 0.1) is 16.0 Å². The van der Waals surface area contributed by atoms with Gasteiger partial charge in [-0.15, -0.1) is 0 Å². The quantitative estimate of drug-likeness (QED) is 0.659. The Bertz CT molecular complexity index is 694. The smallest absolute Gasteiger partial charge is 0.271 e. The summed E-state index contributed by atoms with van der Waals surface area (Å²) in [6.45, 7) is 1.91. The fourth-order valence-corrected chi connectivity index (χ4v) is 3.85. The Morgan fingerprint density at radius 3 is 3.05 bits per heavy atom. The van der Waals surface area contributed by atoms with Crippen LogP contribution in [0.2, 0.25) is 0 Å². The number of fused-ring (bicyclic) bond motifs is 1. The first-order chi connectivity index (χ1) is 10.1. The van der Waals surface area contributed by atoms with Crippen LogP contribution in [-0.4, -0.2) is 37.9 Å². The molecule has 2 atom stereocenters. The third kappa shape index (κ3) is 3.11. The van der Waals surface area contributed by atoms with Crippen molar-refractivity contribution >= 4 is 27.5 Å². The van der Waals surface area contributed by atoms with Gasteiger partial charge in [0.15, 0.2) is 5.16 Å². The van der Waals surface area contributed by atoms with E-state index in [1.54, 1.807) is 6.07 Å². The van der Waals surface area contributed by atoms with Gasteiger partial charge in [0.1, 0.15) is 0 Å². The number of nitro benzene ring substituents is 1. The van der Waals surface area contributed by atoms with Crippen LogP contribution >= 0.6 is 0 Å². The lowest BCUT2D eigenvalue weighted by Crippen LogP contribution is -2.32. The molecule has 0 saturated carbocycles. The summed E-state index contributed by atoms with van der Waals surface area (Å²) in [6.07, 6.45) is 2.18. The fraction of sp³-hybridized carbons (Fsp3) is 0.462. The molecule has 0 unspecified atom stereocenters. The van der Waals surface area contributed by atoms with Crippen molar-refractivity contribution in [3.05, 3.63) is 28.3 Å². The average Bonchev–Trinajstić information content (AvgIpc) is 2.91. The Hall–Kier alpha value is -1.80. The maximum absolute atomic E-state index is 12.4. The van der Waals surface area contributed by atoms with Gasteiger partial charge in [-0.05, 0) is 37.9 Å². The highest BCUT2D eigenvalue weighted by Gasteiger charge is 2.19. The Balaban J connectivity index is 1.79. The molecular weight excluding hydrogens is 292 g/mol. The molecule has 1 aromatic heterocycles. The van der Waals surface area contributed by atoms with Crippen molar-refractivity contribution in [1.82, 2.24) is 15.3 Å². The average molecular weight is 308 g/mol. The highest BCUT2D eigenvalue weighted by atomic mass is 32.2. The number of nitrogens with zero attached hydrogens (tertiary/aromatic N) is 2. The third-order valence-corrected chi connectivity index (χ3v) is 5.06. The number of nitro groups is 1. The summed E-state index contributed by atoms with van der Waals surface area (Å²) in [5, 5.41) is 14.4. The molecule has 0 spiro atoms. The van der Waals surface area contributed by atoms with Crippen LogP contribution in [0.1, 0.15) is 12.8 Å². The molecule has 112 valence electrons. The largest absolute Gasteiger partial charge is 0.331 e. The second kappa shape index (κ2) is 5.90. The number of aromatic amines is 1. The van der Waals surface area contributed by atoms with Crippen molar-refractivity contribution in [3.8, 4) is 0 Å². The molecular formula is C13H16N4O3S. The predicted molar refractivity (Wildman–Crippen MR) is 79.6 cm³/mol. The van der Waals surface area contributed by atoms with Crippen molar-refractivity contribution in [2.45, 2.75) is 18.0 Å². The van der Waals surface area contributed by atoms with E-state index in [-0.39, 0.29) is 5.69 Å². The first-order valence-electron chi connectivity index (χ1n) is 6.87. The van der Waals surface area contributed by atoms with E-state index < -0.39 is 15.7 Å². The van der Waals surface area contributed by atoms with E-state index in [0.29, 0.717) is 27.9 Å². The zero-order valence-corrected chi connectivity index (χ0v) is 12.2. The maximum Gasteiger partial charge on any atom is 0.271 e. The highest BCUT2D eigenvalue weighted by molar-refractivity contribution is 7.84. The molecule has 1 aliphatic rings. The standard InChI is InChI=1S/C13H16N4O3S/c18-17(19)10-3-4-11-12(6-10)16-13(15-11)21(20)8-9-2-1-5-14-7-9/h3-4,6,9,14H,1-2,5,7-8H2,(H,15,16)/t9-,21+/m1/s1. The normalized spacial score (nSPS) is 20.5. The molecule has 0 amide bonds. The molecule has 0 bridgehead atoms. The van der Waals surface area contributed by atoms with Gasteiger partial charge in [-0.3, -0.25) is 14.3 Å². The number of H-pyrrole nitrogens is 1. The molecule has 2 heterocycles. The molecule has 2 aromatic rings. The minimum atomic E-state index is -1.21. The Labute approximate surface area is 123 Å². The summed E-state index contributed by atoms with van der Waals surface area (Å²) in [7, 11) is -1.21. The highest BCUT2D eigenvalue weighted by Crippen LogP contribution is 2.21. The number of piperidine rings is 1. The number of non-ortho nitro benzene ring substituents is 1. The lowest BCUT2D eigenvalue weighted by atomic mass is 10.0. The first-order valence-corrected chi connectivity index (χ1v) is 8.18. The Morgan fingerprint density at radius 2 is 2.33 bits per heavy atom. The minimum Gasteiger partial charge on any atom is -0.331 e. The summed E-state index contributed by atoms with van der Waals surface area (Å²) in [6, 6.07) is 4.40. The second-order valence-corrected chi connectivity index (χ2v) is 6.64. The summed E-state index contributed by atoms with van der Waals surface area (Å²) >= 11 is 0. The van der Waals surface area contributed by atoms with Crippen LogP contribution in [0.4, 0.5) is 5.69 Å². The Kier molecular flexibility index (Phi) is 3.98. The zero-order valence-electron chi connectivity index (χ0n) is 11.4. The number of hydrogen-bond donors (Lipinski definition) is 2. The van der Waals surface area contributed by atoms with E-state index in [1.165, 1.54) is 12.1 Å². The summed E-state index contributed by atoms with van der Waals surface area (Å²) in [5.74, 6) is 0.955. The van der Waals surface area contributed by atoms with Gasteiger partial charge in [0.2, 0.25) is 0 Å². The van der Waals surface area contributed by atoms with Crippen molar-refractivity contribution in [2.24, 2.45) is 5.92 Å². The van der Waals surface area contributed by atoms with E-state index in [2.05, 4.69) is 15.3 Å². The summed E-state index contributed by atoms with van der Waals surface area (Å²) in [4.78, 5) is 17.5. The first kappa shape index (κ1) is 14.2. The van der Waals surface area contributed by atoms with E-state index in [1.807, 2.05) is 0 Å². The lowest BCUT2D eigenvalue weighted by Gasteiger charge is -2.21. The molecule has 8 heteroatoms. The third-order valence-electron chi connectivity index (χ3n) is 3.66. The van der Waals surface area contributed by atoms with E-state index >= 15 is 0 Å². The molecule has 21 heavy (non-hydrogen) atoms. The number of nitrogens with one attached hydrogen (secondary N) is 2. The molecule has 7 nitrogen and oxygen atoms in total. The Morgan fingerprint density at radius 1 is 1.48 bits per heavy atom. The lowest BCUT2D eigenvalue weighted by molar-refractivity contribution is -0.384. The van der Waals surface area contributed by atoms with Gasteiger partial charge in [0.05, 0.1) is 26.8 Å². The molecule has 1 saturated heterocycles. The topological polar surface area (TPSA) is 101 Å². The van der Waals surface area contributed by atoms with Crippen molar-refractivity contribution < 1.29 is 9.13 Å². The van der Waals surface area contributed by atoms with Crippen LogP contribution in [0.3, 0.4) is 0 Å². The number of hydrogen-bond acceptors (Lipinski definition) is 5. The van der Waals surface area contributed by atoms with Gasteiger partial charge in [-0.1, -0.05) is 0 Å². The van der Waals surface area contributed by atoms with Gasteiger partial charge in [0.25, 0.3) is 5.69 Å². The molecule has 3 rings (SSSR count). The van der Waals surface area contributed by atoms with Crippen LogP contribution in [-0.2, 0) is 10.8 Å². The molecule has 0 aliphatic carbocycles. The van der Waals surface area contributed by atoms with Gasteiger partial charge in [-0.2, -0.15) is 0 Å². The number of aromatic nitrogens is 2. The van der Waals surface area contributed by atoms with Crippen LogP contribution < -0.4 is 5.32 Å². The molecule has 1 aromatic carbocycles. The maximum atomic E-state index is 12.4. The van der Waals surface area contributed by atoms with E-state index in [9.17, 15) is 14.3 Å². The van der Waals surface area contributed by atoms with Gasteiger partial charge >= 0.3 is 0 Å². The molecule has 1 fully saturated rings. The fourth-order valence-electron chi connectivity index (χ4n) is 2.55. The van der Waals surface area contributed by atoms with Crippen molar-refractivity contribution in [3.63, 3.8) is 0 Å². The zero-order chi connectivity index (χ0) is 14.8. The molecule has 0 radical (unpaired) electrons. The second-order valence-electron chi connectivity index (χ2n) is 5.23. The minimum absolute atomic E-state index is 0.0000344. The number of benzene rings is 1. The number of rotatable bonds is 4. The van der Waals surface area contributed by atoms with Gasteiger partial charge in [-0.25, -0.2) is 4.98 Å². The van der Waals surface area contributed by atoms with Crippen molar-refractivity contribution in [2.75, 3.05) is 18.8 Å². The van der Waals surface area contributed by atoms with Crippen LogP contribution in [0.5, 0.6) is 0 Å². The SMILES string of the molecule is O=[N+]([O-])c1ccc2nc([S@@](=O)C[C@@H]3CCCNC3)[nH]c2c1. The molecule has 2 N–H and O–H groups in total.